The summed E-state index contributed by atoms with van der Waals surface area (Å²) in [6.07, 6.45) is -33.9. The van der Waals surface area contributed by atoms with Gasteiger partial charge in [0.05, 0.1) is 78.6 Å². The van der Waals surface area contributed by atoms with Crippen LogP contribution < -0.4 is 0 Å². The Morgan fingerprint density at radius 3 is 1.09 bits per heavy atom. The molecule has 0 aliphatic carbocycles. The Hall–Kier alpha value is -12.8. The molecule has 0 N–H and O–H groups in total. The van der Waals surface area contributed by atoms with E-state index >= 15 is 24.0 Å². The topological polar surface area (TPSA) is 304 Å². The maximum atomic E-state index is 15.6. The highest BCUT2D eigenvalue weighted by Gasteiger charge is 2.62. The van der Waals surface area contributed by atoms with Crippen molar-refractivity contribution < 1.29 is 128 Å². The lowest BCUT2D eigenvalue weighted by Gasteiger charge is -2.53. The highest BCUT2D eigenvalue weighted by atomic mass is 16.8. The molecule has 0 saturated carbocycles. The molecule has 5 heterocycles. The van der Waals surface area contributed by atoms with Crippen molar-refractivity contribution in [2.75, 3.05) is 33.5 Å². The van der Waals surface area contributed by atoms with Crippen molar-refractivity contribution in [3.63, 3.8) is 0 Å². The third-order valence-electron chi connectivity index (χ3n) is 21.9. The molecule has 11 aromatic rings. The van der Waals surface area contributed by atoms with Crippen LogP contribution in [0.5, 0.6) is 0 Å². The average Bonchev–Trinajstić information content (AvgIpc) is 0.744. The predicted octanol–water partition coefficient (Wildman–Crippen LogP) is 14.0. The van der Waals surface area contributed by atoms with Crippen LogP contribution in [-0.2, 0) is 115 Å². The van der Waals surface area contributed by atoms with Crippen LogP contribution in [0.2, 0.25) is 0 Å². The van der Waals surface area contributed by atoms with Crippen LogP contribution >= 0.6 is 0 Å². The summed E-state index contributed by atoms with van der Waals surface area (Å²) in [4.78, 5) is 105. The van der Waals surface area contributed by atoms with E-state index in [4.69, 9.17) is 94.7 Å². The largest absolute Gasteiger partial charge is 0.459 e. The van der Waals surface area contributed by atoms with Gasteiger partial charge in [0, 0.05) is 12.7 Å². The van der Waals surface area contributed by atoms with E-state index in [1.807, 2.05) is 91.0 Å². The van der Waals surface area contributed by atoms with E-state index in [-0.39, 0.29) is 72.0 Å². The highest BCUT2D eigenvalue weighted by Crippen LogP contribution is 2.44. The maximum absolute atomic E-state index is 15.6. The van der Waals surface area contributed by atoms with E-state index < -0.39 is 178 Å². The van der Waals surface area contributed by atoms with Crippen molar-refractivity contribution in [2.24, 2.45) is 0 Å². The van der Waals surface area contributed by atoms with Crippen LogP contribution in [0.15, 0.2) is 334 Å². The molecule has 11 aromatic carbocycles. The fourth-order valence-corrected chi connectivity index (χ4v) is 15.5. The first-order valence-electron chi connectivity index (χ1n) is 41.9. The van der Waals surface area contributed by atoms with Crippen LogP contribution in [0.1, 0.15) is 101 Å². The number of carbonyl (C=O) groups is 7. The van der Waals surface area contributed by atoms with E-state index in [1.54, 1.807) is 158 Å². The quantitative estimate of drug-likeness (QED) is 0.0272. The zero-order valence-electron chi connectivity index (χ0n) is 69.3. The molecule has 658 valence electrons. The number of hydrogen-bond donors (Lipinski definition) is 0. The molecular weight excluding hydrogens is 1650 g/mol. The van der Waals surface area contributed by atoms with E-state index in [1.165, 1.54) is 92.0 Å². The first-order valence-corrected chi connectivity index (χ1v) is 41.9. The van der Waals surface area contributed by atoms with Gasteiger partial charge in [-0.05, 0) is 102 Å². The molecule has 5 fully saturated rings. The highest BCUT2D eigenvalue weighted by molar-refractivity contribution is 5.93. The minimum atomic E-state index is -2.21. The van der Waals surface area contributed by atoms with Crippen molar-refractivity contribution in [1.29, 1.82) is 0 Å². The Morgan fingerprint density at radius 1 is 0.281 bits per heavy atom. The number of ether oxygens (including phenoxy) is 20. The number of fused-ring (bicyclic) bond motifs is 1. The number of esters is 7. The summed E-state index contributed by atoms with van der Waals surface area (Å²) in [6, 6.07) is 92.3. The molecule has 0 spiro atoms. The maximum Gasteiger partial charge on any atom is 0.338 e. The SMILES string of the molecule is CO[C@@H]1O[C@H](COCc2ccccc2)[C@H](O[C@@H]2O[C@@H]3CO[C@@H](c4ccccc4)O[C@H]3[C@H](O[C@@H]3OC[C@@H](OC(=O)c4ccccc4)[C@H](OC(=O)c4ccccc4)[C@H]3OC(=O)c3ccccc3)[C@H]2O[C@@H]2O[C@H](COC(=O)c3ccccc3)[C@@H](OC(=O)c3ccccc3)[C@H](OC(=O)c3ccccc3)[C@H]2OC(=O)c2ccccc2)[C@H](OCc2ccccc2)[C@H]1OCc1ccccc1. The van der Waals surface area contributed by atoms with Crippen LogP contribution in [0.3, 0.4) is 0 Å². The van der Waals surface area contributed by atoms with Crippen LogP contribution in [0, 0.1) is 0 Å². The van der Waals surface area contributed by atoms with Gasteiger partial charge in [0.1, 0.15) is 61.5 Å². The Balaban J connectivity index is 0.900. The molecule has 0 radical (unpaired) electrons. The monoisotopic (exact) mass is 1740 g/mol. The summed E-state index contributed by atoms with van der Waals surface area (Å²) in [5.74, 6) is -6.80. The van der Waals surface area contributed by atoms with Crippen LogP contribution in [0.4, 0.5) is 0 Å². The summed E-state index contributed by atoms with van der Waals surface area (Å²) >= 11 is 0. The molecule has 27 heteroatoms. The zero-order valence-corrected chi connectivity index (χ0v) is 69.3. The Kier molecular flexibility index (Phi) is 30.2. The molecule has 0 bridgehead atoms. The predicted molar refractivity (Wildman–Crippen MR) is 454 cm³/mol. The fraction of sp³-hybridized carbons (Fsp3) is 0.277. The van der Waals surface area contributed by atoms with Gasteiger partial charge in [0.2, 0.25) is 0 Å². The van der Waals surface area contributed by atoms with Gasteiger partial charge in [0.15, 0.2) is 68.1 Å². The number of carbonyl (C=O) groups excluding carboxylic acids is 7. The van der Waals surface area contributed by atoms with Crippen LogP contribution in [0.25, 0.3) is 0 Å². The van der Waals surface area contributed by atoms with Gasteiger partial charge < -0.3 is 94.7 Å². The standard InChI is InChI=1S/C101H92O27/c1-109-98-86(112-59-66-39-17-4-18-40-66)83(111-58-65-37-15-3-16-38-65)79(75(117-98)60-110-57-64-35-13-2-14-36-64)126-101-89(128-100-88(124-96(108)73-53-31-11-32-54-73)84(122-94(106)71-49-27-9-28-50-71)80(120-92(104)69-45-23-7-24-46-69)77(118-100)61-113-90(102)67-41-19-5-20-42-67)85(81-78(119-101)63-114-97(125-81)74-55-33-12-34-56-74)127-99-87(123-95(107)72-51-29-10-30-52-72)82(121-93(105)70-47-25-8-26-48-70)76(62-115-99)116-91(103)68-43-21-6-22-44-68/h2-56,75-89,97-101H,57-63H2,1H3/t75-,76-,77-,78-,79+,80-,81-,82+,83+,84+,85+,86-,87-,88-,89-,97-,98-,99+,100+,101+/m1/s1. The molecule has 128 heavy (non-hydrogen) atoms. The second kappa shape index (κ2) is 43.6. The van der Waals surface area contributed by atoms with E-state index in [9.17, 15) is 9.59 Å². The minimum Gasteiger partial charge on any atom is -0.459 e. The normalized spacial score (nSPS) is 26.0. The molecule has 5 aliphatic heterocycles. The fourth-order valence-electron chi connectivity index (χ4n) is 15.5. The van der Waals surface area contributed by atoms with Crippen molar-refractivity contribution in [3.8, 4) is 0 Å². The summed E-state index contributed by atoms with van der Waals surface area (Å²) in [7, 11) is 1.46. The molecule has 27 nitrogen and oxygen atoms in total. The molecule has 5 aliphatic rings. The number of rotatable bonds is 33. The average molecular weight is 1740 g/mol. The summed E-state index contributed by atoms with van der Waals surface area (Å²) in [5, 5.41) is 0. The molecule has 0 unspecified atom stereocenters. The summed E-state index contributed by atoms with van der Waals surface area (Å²) in [5.41, 5.74) is 2.99. The first-order chi connectivity index (χ1) is 62.8. The van der Waals surface area contributed by atoms with E-state index in [2.05, 4.69) is 0 Å². The zero-order chi connectivity index (χ0) is 87.9. The third-order valence-corrected chi connectivity index (χ3v) is 21.9. The molecule has 20 atom stereocenters. The van der Waals surface area contributed by atoms with Gasteiger partial charge in [-0.2, -0.15) is 0 Å². The number of benzene rings is 11. The van der Waals surface area contributed by atoms with Gasteiger partial charge in [-0.3, -0.25) is 0 Å². The lowest BCUT2D eigenvalue weighted by molar-refractivity contribution is -0.424. The second-order valence-electron chi connectivity index (χ2n) is 30.5. The van der Waals surface area contributed by atoms with Gasteiger partial charge in [0.25, 0.3) is 0 Å². The second-order valence-corrected chi connectivity index (χ2v) is 30.5. The lowest BCUT2D eigenvalue weighted by atomic mass is 9.94. The van der Waals surface area contributed by atoms with Crippen molar-refractivity contribution in [2.45, 2.75) is 143 Å². The first kappa shape index (κ1) is 88.6. The van der Waals surface area contributed by atoms with Gasteiger partial charge in [-0.1, -0.05) is 249 Å². The van der Waals surface area contributed by atoms with Gasteiger partial charge in [-0.15, -0.1) is 0 Å². The van der Waals surface area contributed by atoms with Gasteiger partial charge in [-0.25, -0.2) is 33.6 Å². The minimum absolute atomic E-state index is 0.00896. The number of hydrogen-bond acceptors (Lipinski definition) is 27. The Labute approximate surface area is 737 Å². The van der Waals surface area contributed by atoms with Crippen molar-refractivity contribution in [3.05, 3.63) is 395 Å². The van der Waals surface area contributed by atoms with Crippen molar-refractivity contribution >= 4 is 41.8 Å². The summed E-state index contributed by atoms with van der Waals surface area (Å²) < 4.78 is 139. The number of methoxy groups -OCH3 is 1. The lowest BCUT2D eigenvalue weighted by Crippen LogP contribution is -2.70. The van der Waals surface area contributed by atoms with Crippen LogP contribution in [-0.4, -0.2) is 192 Å². The molecule has 5 saturated heterocycles. The molecule has 16 rings (SSSR count). The Bertz CT molecular complexity index is 5380. The molecule has 0 amide bonds. The Morgan fingerprint density at radius 2 is 0.633 bits per heavy atom. The summed E-state index contributed by atoms with van der Waals surface area (Å²) in [6.45, 7) is -2.07. The molecular formula is C101H92O27. The van der Waals surface area contributed by atoms with Gasteiger partial charge >= 0.3 is 41.8 Å². The third kappa shape index (κ3) is 22.4. The van der Waals surface area contributed by atoms with Crippen molar-refractivity contribution in [1.82, 2.24) is 0 Å². The smallest absolute Gasteiger partial charge is 0.338 e. The molecule has 0 aromatic heterocycles. The van der Waals surface area contributed by atoms with E-state index in [0.717, 1.165) is 16.7 Å². The van der Waals surface area contributed by atoms with E-state index in [0.29, 0.717) is 5.56 Å².